The molecule has 4 N–H and O–H groups in total. The van der Waals surface area contributed by atoms with Crippen molar-refractivity contribution in [2.45, 2.75) is 26.1 Å². The number of aliphatic hydroxyl groups excluding tert-OH is 1. The highest BCUT2D eigenvalue weighted by Crippen LogP contribution is 2.35. The molecule has 0 aliphatic carbocycles. The van der Waals surface area contributed by atoms with Crippen molar-refractivity contribution >= 4 is 18.2 Å². The number of nitriles is 1. The second-order valence-corrected chi connectivity index (χ2v) is 8.27. The van der Waals surface area contributed by atoms with Gasteiger partial charge in [0, 0.05) is 5.70 Å². The van der Waals surface area contributed by atoms with E-state index in [1.54, 1.807) is 50.2 Å². The van der Waals surface area contributed by atoms with Gasteiger partial charge in [0.05, 0.1) is 38.7 Å². The number of hydrogen-bond acceptors (Lipinski definition) is 11. The normalized spacial score (nSPS) is 15.4. The first-order valence-corrected chi connectivity index (χ1v) is 12.2. The number of ether oxygens (including phenoxy) is 5. The van der Waals surface area contributed by atoms with Crippen molar-refractivity contribution in [2.24, 2.45) is 5.10 Å². The summed E-state index contributed by atoms with van der Waals surface area (Å²) in [6.07, 6.45) is 0.313. The summed E-state index contributed by atoms with van der Waals surface area (Å²) in [6.45, 7) is 3.47. The largest absolute Gasteiger partial charge is 0.493 e. The molecule has 0 spiro atoms. The van der Waals surface area contributed by atoms with E-state index >= 15 is 0 Å². The number of nitrogens with one attached hydrogen (secondary N) is 3. The SMILES string of the molecule is CCOc1cc([C@H]2NC(=O)NC(C)=C2C(=O)OC)ccc1OC[C@@H](O)N/N=C\c1ccc(OCC#N)c(OC)c1. The molecular formula is C27H31N5O8. The molecule has 212 valence electrons. The smallest absolute Gasteiger partial charge is 0.337 e. The summed E-state index contributed by atoms with van der Waals surface area (Å²) in [5.41, 5.74) is 4.46. The van der Waals surface area contributed by atoms with Crippen LogP contribution < -0.4 is 35.0 Å². The molecule has 40 heavy (non-hydrogen) atoms. The number of amides is 2. The number of carbonyl (C=O) groups excluding carboxylic acids is 2. The second kappa shape index (κ2) is 14.3. The highest BCUT2D eigenvalue weighted by atomic mass is 16.5. The zero-order chi connectivity index (χ0) is 29.1. The molecule has 0 bridgehead atoms. The maximum absolute atomic E-state index is 12.4. The summed E-state index contributed by atoms with van der Waals surface area (Å²) in [5, 5.41) is 28.3. The third-order valence-corrected chi connectivity index (χ3v) is 5.59. The minimum atomic E-state index is -1.16. The number of urea groups is 1. The van der Waals surface area contributed by atoms with E-state index in [9.17, 15) is 14.7 Å². The molecule has 2 amide bonds. The number of nitrogens with zero attached hydrogens (tertiary/aromatic N) is 2. The molecule has 2 aromatic rings. The van der Waals surface area contributed by atoms with Gasteiger partial charge < -0.3 is 39.4 Å². The molecule has 3 rings (SSSR count). The Bertz CT molecular complexity index is 1320. The van der Waals surface area contributed by atoms with Crippen LogP contribution in [-0.2, 0) is 9.53 Å². The summed E-state index contributed by atoms with van der Waals surface area (Å²) in [7, 11) is 2.75. The van der Waals surface area contributed by atoms with E-state index in [0.717, 1.165) is 0 Å². The first kappa shape index (κ1) is 29.6. The monoisotopic (exact) mass is 553 g/mol. The molecular weight excluding hydrogens is 522 g/mol. The van der Waals surface area contributed by atoms with Gasteiger partial charge in [-0.05, 0) is 55.3 Å². The van der Waals surface area contributed by atoms with E-state index in [2.05, 4.69) is 21.2 Å². The van der Waals surface area contributed by atoms with Gasteiger partial charge in [-0.3, -0.25) is 5.43 Å². The van der Waals surface area contributed by atoms with Gasteiger partial charge in [0.1, 0.15) is 12.7 Å². The number of benzene rings is 2. The van der Waals surface area contributed by atoms with Crippen LogP contribution in [0.1, 0.15) is 31.0 Å². The van der Waals surface area contributed by atoms with Crippen LogP contribution in [0, 0.1) is 11.3 Å². The number of hydrazone groups is 1. The summed E-state index contributed by atoms with van der Waals surface area (Å²) in [5.74, 6) is 0.979. The van der Waals surface area contributed by atoms with Crippen molar-refractivity contribution in [2.75, 3.05) is 34.0 Å². The zero-order valence-corrected chi connectivity index (χ0v) is 22.5. The lowest BCUT2D eigenvalue weighted by Gasteiger charge is -2.28. The Kier molecular flexibility index (Phi) is 10.6. The van der Waals surface area contributed by atoms with Gasteiger partial charge >= 0.3 is 12.0 Å². The van der Waals surface area contributed by atoms with Crippen LogP contribution in [0.4, 0.5) is 4.79 Å². The van der Waals surface area contributed by atoms with E-state index in [0.29, 0.717) is 46.4 Å². The summed E-state index contributed by atoms with van der Waals surface area (Å²) in [4.78, 5) is 24.5. The molecule has 0 fully saturated rings. The van der Waals surface area contributed by atoms with E-state index in [4.69, 9.17) is 28.9 Å². The predicted molar refractivity (Wildman–Crippen MR) is 143 cm³/mol. The van der Waals surface area contributed by atoms with Crippen molar-refractivity contribution in [1.29, 1.82) is 5.26 Å². The lowest BCUT2D eigenvalue weighted by Crippen LogP contribution is -2.45. The minimum Gasteiger partial charge on any atom is -0.493 e. The summed E-state index contributed by atoms with van der Waals surface area (Å²) >= 11 is 0. The Morgan fingerprint density at radius 3 is 2.60 bits per heavy atom. The van der Waals surface area contributed by atoms with Gasteiger partial charge in [-0.2, -0.15) is 10.4 Å². The molecule has 0 saturated carbocycles. The number of aliphatic hydroxyl groups is 1. The molecule has 0 saturated heterocycles. The number of rotatable bonds is 13. The molecule has 1 heterocycles. The molecule has 2 aromatic carbocycles. The lowest BCUT2D eigenvalue weighted by atomic mass is 9.95. The number of methoxy groups -OCH3 is 2. The van der Waals surface area contributed by atoms with Crippen LogP contribution in [0.5, 0.6) is 23.0 Å². The highest BCUT2D eigenvalue weighted by Gasteiger charge is 2.32. The van der Waals surface area contributed by atoms with Crippen LogP contribution in [0.15, 0.2) is 52.8 Å². The maximum atomic E-state index is 12.4. The Labute approximate surface area is 231 Å². The number of carbonyl (C=O) groups is 2. The Morgan fingerprint density at radius 1 is 1.15 bits per heavy atom. The standard InChI is InChI=1S/C27H31N5O8/c1-5-38-22-13-18(25-24(26(34)37-4)16(2)30-27(35)31-25)7-9-20(22)40-15-23(33)32-29-14-17-6-8-19(39-11-10-28)21(12-17)36-3/h6-9,12-14,23,25,32-33H,5,11,15H2,1-4H3,(H2,30,31,35)/b29-14-/t23-,25-/m1/s1. The van der Waals surface area contributed by atoms with Crippen LogP contribution in [0.25, 0.3) is 0 Å². The number of esters is 1. The molecule has 0 unspecified atom stereocenters. The van der Waals surface area contributed by atoms with Crippen molar-refractivity contribution in [3.05, 3.63) is 58.8 Å². The average molecular weight is 554 g/mol. The van der Waals surface area contributed by atoms with E-state index < -0.39 is 24.3 Å². The highest BCUT2D eigenvalue weighted by molar-refractivity contribution is 5.95. The molecule has 13 nitrogen and oxygen atoms in total. The Morgan fingerprint density at radius 2 is 1.90 bits per heavy atom. The average Bonchev–Trinajstić information content (AvgIpc) is 2.95. The van der Waals surface area contributed by atoms with E-state index in [1.807, 2.05) is 6.07 Å². The van der Waals surface area contributed by atoms with Crippen molar-refractivity contribution in [3.63, 3.8) is 0 Å². The van der Waals surface area contributed by atoms with Gasteiger partial charge in [0.15, 0.2) is 35.8 Å². The summed E-state index contributed by atoms with van der Waals surface area (Å²) in [6, 6.07) is 10.7. The first-order chi connectivity index (χ1) is 19.3. The van der Waals surface area contributed by atoms with Crippen molar-refractivity contribution < 1.29 is 38.4 Å². The van der Waals surface area contributed by atoms with Crippen molar-refractivity contribution in [3.8, 4) is 29.1 Å². The third kappa shape index (κ3) is 7.55. The second-order valence-electron chi connectivity index (χ2n) is 8.27. The molecule has 0 radical (unpaired) electrons. The quantitative estimate of drug-likeness (QED) is 0.125. The third-order valence-electron chi connectivity index (χ3n) is 5.59. The molecule has 1 aliphatic rings. The fourth-order valence-corrected chi connectivity index (χ4v) is 3.81. The van der Waals surface area contributed by atoms with E-state index in [1.165, 1.54) is 20.4 Å². The Hall–Kier alpha value is -4.96. The molecule has 2 atom stereocenters. The fourth-order valence-electron chi connectivity index (χ4n) is 3.81. The molecule has 0 aromatic heterocycles. The molecule has 13 heteroatoms. The van der Waals surface area contributed by atoms with Gasteiger partial charge in [0.25, 0.3) is 0 Å². The predicted octanol–water partition coefficient (Wildman–Crippen LogP) is 2.12. The van der Waals surface area contributed by atoms with Gasteiger partial charge in [-0.25, -0.2) is 9.59 Å². The fraction of sp³-hybridized carbons (Fsp3) is 0.333. The maximum Gasteiger partial charge on any atom is 0.337 e. The van der Waals surface area contributed by atoms with Crippen LogP contribution in [0.2, 0.25) is 0 Å². The van der Waals surface area contributed by atoms with Crippen LogP contribution >= 0.6 is 0 Å². The van der Waals surface area contributed by atoms with E-state index in [-0.39, 0.29) is 18.8 Å². The lowest BCUT2D eigenvalue weighted by molar-refractivity contribution is -0.136. The first-order valence-electron chi connectivity index (χ1n) is 12.2. The zero-order valence-electron chi connectivity index (χ0n) is 22.5. The Balaban J connectivity index is 1.67. The van der Waals surface area contributed by atoms with Crippen molar-refractivity contribution in [1.82, 2.24) is 16.1 Å². The number of allylic oxidation sites excluding steroid dienone is 1. The minimum absolute atomic E-state index is 0.106. The summed E-state index contributed by atoms with van der Waals surface area (Å²) < 4.78 is 26.9. The van der Waals surface area contributed by atoms with Gasteiger partial charge in [0.2, 0.25) is 0 Å². The van der Waals surface area contributed by atoms with Crippen LogP contribution in [-0.4, -0.2) is 63.6 Å². The number of hydrogen-bond donors (Lipinski definition) is 4. The van der Waals surface area contributed by atoms with Crippen LogP contribution in [0.3, 0.4) is 0 Å². The molecule has 1 aliphatic heterocycles. The van der Waals surface area contributed by atoms with Gasteiger partial charge in [-0.1, -0.05) is 6.07 Å². The topological polar surface area (TPSA) is 173 Å². The van der Waals surface area contributed by atoms with Gasteiger partial charge in [-0.15, -0.1) is 0 Å².